The molecule has 136 valence electrons. The Morgan fingerprint density at radius 1 is 0.963 bits per heavy atom. The van der Waals surface area contributed by atoms with Crippen LogP contribution in [0.15, 0.2) is 79.4 Å². The second kappa shape index (κ2) is 7.17. The SMILES string of the molecule is O=C1OCCN1C(c1ccccc1)C(O)(c1cccnc1)c1cccnc1. The average molecular weight is 361 g/mol. The molecule has 1 aromatic carbocycles. The zero-order valence-corrected chi connectivity index (χ0v) is 14.6. The van der Waals surface area contributed by atoms with Gasteiger partial charge in [-0.15, -0.1) is 0 Å². The molecule has 0 bridgehead atoms. The van der Waals surface area contributed by atoms with Crippen LogP contribution in [0.4, 0.5) is 4.79 Å². The molecule has 3 aromatic rings. The van der Waals surface area contributed by atoms with Gasteiger partial charge in [-0.25, -0.2) is 4.79 Å². The summed E-state index contributed by atoms with van der Waals surface area (Å²) in [4.78, 5) is 22.4. The number of amides is 1. The zero-order chi connectivity index (χ0) is 18.7. The van der Waals surface area contributed by atoms with E-state index in [1.165, 1.54) is 0 Å². The molecule has 0 spiro atoms. The first-order valence-electron chi connectivity index (χ1n) is 8.73. The first-order chi connectivity index (χ1) is 13.2. The van der Waals surface area contributed by atoms with E-state index >= 15 is 0 Å². The van der Waals surface area contributed by atoms with E-state index < -0.39 is 17.7 Å². The summed E-state index contributed by atoms with van der Waals surface area (Å²) in [5.74, 6) is 0. The van der Waals surface area contributed by atoms with Crippen molar-refractivity contribution >= 4 is 6.09 Å². The standard InChI is InChI=1S/C21H19N3O3/c25-20-24(12-13-27-20)19(16-6-2-1-3-7-16)21(26,17-8-4-10-22-14-17)18-9-5-11-23-15-18/h1-11,14-15,19,26H,12-13H2. The number of ether oxygens (including phenoxy) is 1. The minimum absolute atomic E-state index is 0.290. The topological polar surface area (TPSA) is 75.5 Å². The van der Waals surface area contributed by atoms with Gasteiger partial charge in [0.2, 0.25) is 0 Å². The van der Waals surface area contributed by atoms with Crippen LogP contribution in [-0.4, -0.2) is 39.2 Å². The fourth-order valence-electron chi connectivity index (χ4n) is 3.58. The summed E-state index contributed by atoms with van der Waals surface area (Å²) in [5.41, 5.74) is 0.400. The number of pyridine rings is 2. The molecular formula is C21H19N3O3. The summed E-state index contributed by atoms with van der Waals surface area (Å²) in [6.07, 6.45) is 6.08. The number of rotatable bonds is 5. The molecule has 6 nitrogen and oxygen atoms in total. The molecule has 1 fully saturated rings. The van der Waals surface area contributed by atoms with Crippen molar-refractivity contribution in [3.05, 3.63) is 96.1 Å². The monoisotopic (exact) mass is 361 g/mol. The minimum atomic E-state index is -1.55. The van der Waals surface area contributed by atoms with Crippen LogP contribution in [0.1, 0.15) is 22.7 Å². The Labute approximate surface area is 157 Å². The maximum atomic E-state index is 12.5. The molecule has 2 aromatic heterocycles. The second-order valence-electron chi connectivity index (χ2n) is 6.37. The molecule has 4 rings (SSSR count). The third kappa shape index (κ3) is 3.04. The lowest BCUT2D eigenvalue weighted by Gasteiger charge is -2.41. The van der Waals surface area contributed by atoms with Crippen LogP contribution in [0.25, 0.3) is 0 Å². The first-order valence-corrected chi connectivity index (χ1v) is 8.73. The van der Waals surface area contributed by atoms with Crippen LogP contribution in [-0.2, 0) is 10.3 Å². The summed E-state index contributed by atoms with van der Waals surface area (Å²) >= 11 is 0. The summed E-state index contributed by atoms with van der Waals surface area (Å²) < 4.78 is 5.18. The Hall–Kier alpha value is -3.25. The number of hydrogen-bond donors (Lipinski definition) is 1. The normalized spacial score (nSPS) is 15.4. The highest BCUT2D eigenvalue weighted by Crippen LogP contribution is 2.45. The van der Waals surface area contributed by atoms with Crippen LogP contribution < -0.4 is 0 Å². The molecule has 1 N–H and O–H groups in total. The van der Waals surface area contributed by atoms with Gasteiger partial charge in [0.15, 0.2) is 0 Å². The highest BCUT2D eigenvalue weighted by Gasteiger charge is 2.48. The summed E-state index contributed by atoms with van der Waals surface area (Å²) in [7, 11) is 0. The van der Waals surface area contributed by atoms with Gasteiger partial charge < -0.3 is 9.84 Å². The van der Waals surface area contributed by atoms with Crippen molar-refractivity contribution in [2.24, 2.45) is 0 Å². The van der Waals surface area contributed by atoms with Crippen molar-refractivity contribution in [1.29, 1.82) is 0 Å². The molecule has 0 radical (unpaired) electrons. The number of cyclic esters (lactones) is 1. The number of hydrogen-bond acceptors (Lipinski definition) is 5. The zero-order valence-electron chi connectivity index (χ0n) is 14.6. The lowest BCUT2D eigenvalue weighted by Crippen LogP contribution is -2.45. The lowest BCUT2D eigenvalue weighted by molar-refractivity contribution is -0.00466. The van der Waals surface area contributed by atoms with Crippen LogP contribution in [0.2, 0.25) is 0 Å². The van der Waals surface area contributed by atoms with Crippen molar-refractivity contribution in [1.82, 2.24) is 14.9 Å². The van der Waals surface area contributed by atoms with Gasteiger partial charge in [-0.3, -0.25) is 14.9 Å². The van der Waals surface area contributed by atoms with Gasteiger partial charge in [-0.2, -0.15) is 0 Å². The van der Waals surface area contributed by atoms with Crippen LogP contribution >= 0.6 is 0 Å². The predicted octanol–water partition coefficient (Wildman–Crippen LogP) is 2.91. The highest BCUT2D eigenvalue weighted by atomic mass is 16.6. The number of aromatic nitrogens is 2. The van der Waals surface area contributed by atoms with Crippen molar-refractivity contribution < 1.29 is 14.6 Å². The molecule has 27 heavy (non-hydrogen) atoms. The van der Waals surface area contributed by atoms with Gasteiger partial charge >= 0.3 is 6.09 Å². The van der Waals surface area contributed by atoms with Gasteiger partial charge in [-0.05, 0) is 17.7 Å². The van der Waals surface area contributed by atoms with E-state index in [4.69, 9.17) is 4.74 Å². The molecule has 0 aliphatic carbocycles. The van der Waals surface area contributed by atoms with Crippen molar-refractivity contribution in [2.75, 3.05) is 13.2 Å². The van der Waals surface area contributed by atoms with E-state index in [0.29, 0.717) is 24.3 Å². The van der Waals surface area contributed by atoms with E-state index in [2.05, 4.69) is 9.97 Å². The van der Waals surface area contributed by atoms with Gasteiger partial charge in [0.25, 0.3) is 0 Å². The third-order valence-electron chi connectivity index (χ3n) is 4.82. The number of aliphatic hydroxyl groups is 1. The Morgan fingerprint density at radius 3 is 2.07 bits per heavy atom. The molecule has 1 amide bonds. The van der Waals surface area contributed by atoms with Crippen molar-refractivity contribution in [2.45, 2.75) is 11.6 Å². The molecule has 1 atom stereocenters. The van der Waals surface area contributed by atoms with E-state index in [1.54, 1.807) is 54.0 Å². The average Bonchev–Trinajstić information content (AvgIpc) is 3.15. The number of benzene rings is 1. The molecule has 0 saturated carbocycles. The second-order valence-corrected chi connectivity index (χ2v) is 6.37. The van der Waals surface area contributed by atoms with Gasteiger partial charge in [-0.1, -0.05) is 42.5 Å². The number of carbonyl (C=O) groups is 1. The molecule has 1 aliphatic heterocycles. The molecule has 3 heterocycles. The maximum Gasteiger partial charge on any atom is 0.410 e. The molecular weight excluding hydrogens is 342 g/mol. The largest absolute Gasteiger partial charge is 0.448 e. The van der Waals surface area contributed by atoms with Gasteiger partial charge in [0, 0.05) is 35.9 Å². The lowest BCUT2D eigenvalue weighted by atomic mass is 9.77. The number of nitrogens with zero attached hydrogens (tertiary/aromatic N) is 3. The summed E-state index contributed by atoms with van der Waals surface area (Å²) in [6.45, 7) is 0.680. The first kappa shape index (κ1) is 17.2. The Kier molecular flexibility index (Phi) is 4.56. The third-order valence-corrected chi connectivity index (χ3v) is 4.82. The summed E-state index contributed by atoms with van der Waals surface area (Å²) in [5, 5.41) is 12.1. The van der Waals surface area contributed by atoms with Crippen LogP contribution in [0, 0.1) is 0 Å². The molecule has 6 heteroatoms. The number of carbonyl (C=O) groups excluding carboxylic acids is 1. The molecule has 1 aliphatic rings. The minimum Gasteiger partial charge on any atom is -0.448 e. The van der Waals surface area contributed by atoms with E-state index in [0.717, 1.165) is 5.56 Å². The smallest absolute Gasteiger partial charge is 0.410 e. The summed E-state index contributed by atoms with van der Waals surface area (Å²) in [6, 6.07) is 15.9. The van der Waals surface area contributed by atoms with Crippen molar-refractivity contribution in [3.8, 4) is 0 Å². The highest BCUT2D eigenvalue weighted by molar-refractivity contribution is 5.70. The van der Waals surface area contributed by atoms with Crippen LogP contribution in [0.3, 0.4) is 0 Å². The Bertz CT molecular complexity index is 864. The maximum absolute atomic E-state index is 12.5. The molecule has 1 unspecified atom stereocenters. The van der Waals surface area contributed by atoms with E-state index in [-0.39, 0.29) is 0 Å². The Morgan fingerprint density at radius 2 is 1.59 bits per heavy atom. The molecule has 1 saturated heterocycles. The van der Waals surface area contributed by atoms with Crippen molar-refractivity contribution in [3.63, 3.8) is 0 Å². The van der Waals surface area contributed by atoms with Gasteiger partial charge in [0.1, 0.15) is 12.2 Å². The van der Waals surface area contributed by atoms with E-state index in [1.807, 2.05) is 30.3 Å². The fraction of sp³-hybridized carbons (Fsp3) is 0.190. The predicted molar refractivity (Wildman–Crippen MR) is 98.7 cm³/mol. The van der Waals surface area contributed by atoms with Gasteiger partial charge in [0.05, 0.1) is 12.6 Å². The quantitative estimate of drug-likeness (QED) is 0.756. The van der Waals surface area contributed by atoms with E-state index in [9.17, 15) is 9.90 Å². The Balaban J connectivity index is 1.96. The van der Waals surface area contributed by atoms with Crippen LogP contribution in [0.5, 0.6) is 0 Å². The fourth-order valence-corrected chi connectivity index (χ4v) is 3.58.